The molecule has 0 saturated carbocycles. The fourth-order valence-corrected chi connectivity index (χ4v) is 6.49. The molecule has 8 nitrogen and oxygen atoms in total. The molecule has 1 aliphatic rings. The van der Waals surface area contributed by atoms with E-state index in [4.69, 9.17) is 4.74 Å². The van der Waals surface area contributed by atoms with Crippen molar-refractivity contribution in [2.24, 2.45) is 5.92 Å². The zero-order chi connectivity index (χ0) is 25.2. The number of ether oxygens (including phenoxy) is 1. The lowest BCUT2D eigenvalue weighted by Gasteiger charge is -2.38. The van der Waals surface area contributed by atoms with E-state index in [1.165, 1.54) is 11.3 Å². The summed E-state index contributed by atoms with van der Waals surface area (Å²) in [5, 5.41) is 0.878. The molecule has 0 bridgehead atoms. The third-order valence-corrected chi connectivity index (χ3v) is 8.49. The van der Waals surface area contributed by atoms with Crippen LogP contribution in [0, 0.1) is 12.8 Å². The second-order valence-corrected chi connectivity index (χ2v) is 12.1. The van der Waals surface area contributed by atoms with Crippen LogP contribution in [0.1, 0.15) is 25.3 Å². The summed E-state index contributed by atoms with van der Waals surface area (Å²) in [4.78, 5) is 22.0. The summed E-state index contributed by atoms with van der Waals surface area (Å²) in [7, 11) is -2.23. The number of hydrogen-bond donors (Lipinski definition) is 1. The van der Waals surface area contributed by atoms with Gasteiger partial charge in [0.1, 0.15) is 11.8 Å². The molecule has 188 valence electrons. The van der Waals surface area contributed by atoms with Crippen LogP contribution in [0.25, 0.3) is 10.2 Å². The number of sulfonamides is 1. The number of piperazine rings is 1. The lowest BCUT2D eigenvalue weighted by Crippen LogP contribution is -2.55. The number of hydrogen-bond acceptors (Lipinski definition) is 7. The predicted molar refractivity (Wildman–Crippen MR) is 140 cm³/mol. The summed E-state index contributed by atoms with van der Waals surface area (Å²) in [6.45, 7) is 8.26. The van der Waals surface area contributed by atoms with Gasteiger partial charge < -0.3 is 14.5 Å². The van der Waals surface area contributed by atoms with Gasteiger partial charge >= 0.3 is 0 Å². The number of nitrogens with zero attached hydrogens (tertiary/aromatic N) is 3. The predicted octanol–water partition coefficient (Wildman–Crippen LogP) is 3.66. The Morgan fingerprint density at radius 2 is 1.89 bits per heavy atom. The Balaban J connectivity index is 1.47. The molecular weight excluding hydrogens is 484 g/mol. The highest BCUT2D eigenvalue weighted by Crippen LogP contribution is 2.26. The van der Waals surface area contributed by atoms with Crippen LogP contribution >= 0.6 is 11.3 Å². The van der Waals surface area contributed by atoms with Crippen molar-refractivity contribution in [1.29, 1.82) is 0 Å². The number of aromatic nitrogens is 1. The highest BCUT2D eigenvalue weighted by Gasteiger charge is 2.32. The van der Waals surface area contributed by atoms with Crippen molar-refractivity contribution in [2.45, 2.75) is 38.1 Å². The van der Waals surface area contributed by atoms with E-state index in [-0.39, 0.29) is 16.7 Å². The number of rotatable bonds is 8. The zero-order valence-electron chi connectivity index (χ0n) is 20.5. The summed E-state index contributed by atoms with van der Waals surface area (Å²) in [5.41, 5.74) is 1.82. The van der Waals surface area contributed by atoms with Crippen LogP contribution < -0.4 is 14.4 Å². The maximum absolute atomic E-state index is 13.5. The van der Waals surface area contributed by atoms with Crippen LogP contribution in [0.15, 0.2) is 47.4 Å². The lowest BCUT2D eigenvalue weighted by atomic mass is 10.0. The third kappa shape index (κ3) is 5.94. The van der Waals surface area contributed by atoms with Crippen molar-refractivity contribution in [1.82, 2.24) is 14.6 Å². The first-order valence-electron chi connectivity index (χ1n) is 11.7. The molecule has 2 aromatic carbocycles. The summed E-state index contributed by atoms with van der Waals surface area (Å²) in [6.07, 6.45) is 0.427. The molecule has 1 fully saturated rings. The van der Waals surface area contributed by atoms with E-state index in [0.29, 0.717) is 32.6 Å². The van der Waals surface area contributed by atoms with Crippen LogP contribution in [0.2, 0.25) is 0 Å². The number of carbonyl (C=O) groups is 1. The molecule has 0 spiro atoms. The summed E-state index contributed by atoms with van der Waals surface area (Å²) < 4.78 is 35.3. The fraction of sp³-hybridized carbons (Fsp3) is 0.440. The van der Waals surface area contributed by atoms with Gasteiger partial charge in [-0.05, 0) is 49.6 Å². The SMILES string of the molecule is COc1cccc(N2CCN(C(=O)C(CC(C)C)NS(=O)(=O)c3ccc4nc(C)sc4c3)CC2)c1. The average molecular weight is 517 g/mol. The molecule has 10 heteroatoms. The van der Waals surface area contributed by atoms with Crippen molar-refractivity contribution >= 4 is 43.2 Å². The number of carbonyl (C=O) groups excluding carboxylic acids is 1. The van der Waals surface area contributed by atoms with E-state index in [2.05, 4.69) is 14.6 Å². The number of nitrogens with one attached hydrogen (secondary N) is 1. The molecule has 1 aromatic heterocycles. The second kappa shape index (κ2) is 10.5. The maximum atomic E-state index is 13.5. The van der Waals surface area contributed by atoms with Gasteiger partial charge in [-0.25, -0.2) is 13.4 Å². The largest absolute Gasteiger partial charge is 0.497 e. The van der Waals surface area contributed by atoms with Gasteiger partial charge in [-0.15, -0.1) is 11.3 Å². The number of fused-ring (bicyclic) bond motifs is 1. The van der Waals surface area contributed by atoms with Gasteiger partial charge in [0.05, 0.1) is 27.2 Å². The summed E-state index contributed by atoms with van der Waals surface area (Å²) in [5.74, 6) is 0.762. The Kier molecular flexibility index (Phi) is 7.63. The molecule has 1 saturated heterocycles. The van der Waals surface area contributed by atoms with Crippen LogP contribution in [0.3, 0.4) is 0 Å². The number of benzene rings is 2. The molecule has 0 aliphatic carbocycles. The van der Waals surface area contributed by atoms with Crippen LogP contribution in [-0.4, -0.2) is 63.5 Å². The standard InChI is InChI=1S/C25H32N4O4S2/c1-17(2)14-23(27-35(31,32)21-8-9-22-24(16-21)34-18(3)26-22)25(30)29-12-10-28(11-13-29)19-6-5-7-20(15-19)33-4/h5-9,15-17,23,27H,10-14H2,1-4H3. The Bertz CT molecular complexity index is 1300. The van der Waals surface area contributed by atoms with Gasteiger partial charge in [0.15, 0.2) is 0 Å². The van der Waals surface area contributed by atoms with E-state index in [1.54, 1.807) is 30.2 Å². The molecule has 3 aromatic rings. The van der Waals surface area contributed by atoms with Crippen molar-refractivity contribution in [2.75, 3.05) is 38.2 Å². The molecule has 1 aliphatic heterocycles. The molecule has 0 radical (unpaired) electrons. The lowest BCUT2D eigenvalue weighted by molar-refractivity contribution is -0.133. The Morgan fingerprint density at radius 3 is 2.57 bits per heavy atom. The maximum Gasteiger partial charge on any atom is 0.241 e. The molecule has 1 unspecified atom stereocenters. The minimum Gasteiger partial charge on any atom is -0.497 e. The van der Waals surface area contributed by atoms with E-state index < -0.39 is 16.1 Å². The smallest absolute Gasteiger partial charge is 0.241 e. The Morgan fingerprint density at radius 1 is 1.14 bits per heavy atom. The molecule has 35 heavy (non-hydrogen) atoms. The zero-order valence-corrected chi connectivity index (χ0v) is 22.2. The normalized spacial score (nSPS) is 15.6. The Hall–Kier alpha value is -2.69. The molecule has 1 atom stereocenters. The quantitative estimate of drug-likeness (QED) is 0.491. The first-order valence-corrected chi connectivity index (χ1v) is 14.0. The molecule has 1 N–H and O–H groups in total. The number of thiazole rings is 1. The Labute approximate surface area is 211 Å². The second-order valence-electron chi connectivity index (χ2n) is 9.18. The topological polar surface area (TPSA) is 91.8 Å². The van der Waals surface area contributed by atoms with Crippen molar-refractivity contribution in [3.63, 3.8) is 0 Å². The summed E-state index contributed by atoms with van der Waals surface area (Å²) in [6, 6.07) is 11.9. The van der Waals surface area contributed by atoms with Gasteiger partial charge in [0.25, 0.3) is 0 Å². The minimum absolute atomic E-state index is 0.149. The minimum atomic E-state index is -3.88. The molecule has 4 rings (SSSR count). The summed E-state index contributed by atoms with van der Waals surface area (Å²) >= 11 is 1.45. The fourth-order valence-electron chi connectivity index (χ4n) is 4.33. The van der Waals surface area contributed by atoms with Crippen LogP contribution in [-0.2, 0) is 14.8 Å². The van der Waals surface area contributed by atoms with E-state index in [0.717, 1.165) is 26.7 Å². The third-order valence-electron chi connectivity index (χ3n) is 6.09. The average Bonchev–Trinajstić information content (AvgIpc) is 3.22. The van der Waals surface area contributed by atoms with E-state index in [9.17, 15) is 13.2 Å². The van der Waals surface area contributed by atoms with Gasteiger partial charge in [-0.1, -0.05) is 19.9 Å². The molecular formula is C25H32N4O4S2. The van der Waals surface area contributed by atoms with Gasteiger partial charge in [-0.3, -0.25) is 4.79 Å². The molecule has 2 heterocycles. The monoisotopic (exact) mass is 516 g/mol. The van der Waals surface area contributed by atoms with Crippen molar-refractivity contribution < 1.29 is 17.9 Å². The number of anilines is 1. The first kappa shape index (κ1) is 25.4. The number of methoxy groups -OCH3 is 1. The van der Waals surface area contributed by atoms with E-state index in [1.807, 2.05) is 45.0 Å². The van der Waals surface area contributed by atoms with E-state index >= 15 is 0 Å². The van der Waals surface area contributed by atoms with Crippen LogP contribution in [0.5, 0.6) is 5.75 Å². The molecule has 1 amide bonds. The highest BCUT2D eigenvalue weighted by atomic mass is 32.2. The van der Waals surface area contributed by atoms with Crippen molar-refractivity contribution in [3.8, 4) is 5.75 Å². The highest BCUT2D eigenvalue weighted by molar-refractivity contribution is 7.89. The van der Waals surface area contributed by atoms with Crippen molar-refractivity contribution in [3.05, 3.63) is 47.5 Å². The van der Waals surface area contributed by atoms with Gasteiger partial charge in [0.2, 0.25) is 15.9 Å². The first-order chi connectivity index (χ1) is 16.7. The van der Waals surface area contributed by atoms with Gasteiger partial charge in [-0.2, -0.15) is 4.72 Å². The van der Waals surface area contributed by atoms with Gasteiger partial charge in [0, 0.05) is 37.9 Å². The number of aryl methyl sites for hydroxylation is 1. The van der Waals surface area contributed by atoms with Crippen LogP contribution in [0.4, 0.5) is 5.69 Å². The number of amides is 1.